The number of hydrogen-bond acceptors (Lipinski definition) is 10. The first-order chi connectivity index (χ1) is 20.2. The molecule has 0 radical (unpaired) electrons. The number of thiophene rings is 1. The van der Waals surface area contributed by atoms with E-state index in [1.54, 1.807) is 13.8 Å². The van der Waals surface area contributed by atoms with Crippen molar-refractivity contribution in [3.8, 4) is 23.6 Å². The van der Waals surface area contributed by atoms with E-state index in [4.69, 9.17) is 24.7 Å². The average molecular weight is 609 g/mol. The van der Waals surface area contributed by atoms with Crippen molar-refractivity contribution in [1.82, 2.24) is 4.31 Å². The van der Waals surface area contributed by atoms with Gasteiger partial charge in [0.15, 0.2) is 11.5 Å². The molecule has 0 aliphatic carbocycles. The molecular weight excluding hydrogens is 580 g/mol. The fraction of sp³-hybridized carbons (Fsp3) is 0.310. The zero-order valence-electron chi connectivity index (χ0n) is 23.0. The largest absolute Gasteiger partial charge is 0.462 e. The highest BCUT2D eigenvalue weighted by Crippen LogP contribution is 2.38. The van der Waals surface area contributed by atoms with Crippen molar-refractivity contribution in [3.63, 3.8) is 0 Å². The maximum absolute atomic E-state index is 13.2. The summed E-state index contributed by atoms with van der Waals surface area (Å²) in [4.78, 5) is 26.9. The first kappa shape index (κ1) is 30.5. The zero-order valence-corrected chi connectivity index (χ0v) is 24.6. The number of amides is 1. The summed E-state index contributed by atoms with van der Waals surface area (Å²) in [6.45, 7) is 3.72. The van der Waals surface area contributed by atoms with Crippen LogP contribution in [0, 0.1) is 29.6 Å². The molecule has 42 heavy (non-hydrogen) atoms. The zero-order chi connectivity index (χ0) is 30.3. The number of nitrogens with one attached hydrogen (secondary N) is 1. The van der Waals surface area contributed by atoms with Crippen molar-refractivity contribution in [2.24, 2.45) is 0 Å². The van der Waals surface area contributed by atoms with Crippen LogP contribution in [-0.2, 0) is 21.2 Å². The second kappa shape index (κ2) is 13.5. The summed E-state index contributed by atoms with van der Waals surface area (Å²) in [5, 5.41) is 20.9. The third-order valence-corrected chi connectivity index (χ3v) is 9.57. The van der Waals surface area contributed by atoms with Crippen LogP contribution in [0.1, 0.15) is 56.5 Å². The van der Waals surface area contributed by atoms with Gasteiger partial charge in [-0.2, -0.15) is 14.8 Å². The summed E-state index contributed by atoms with van der Waals surface area (Å²) in [6, 6.07) is 14.8. The maximum Gasteiger partial charge on any atom is 0.341 e. The molecule has 1 amide bonds. The molecule has 0 spiro atoms. The molecule has 2 heterocycles. The van der Waals surface area contributed by atoms with Crippen molar-refractivity contribution in [2.75, 3.05) is 31.8 Å². The second-order valence-electron chi connectivity index (χ2n) is 9.14. The topological polar surface area (TPSA) is 159 Å². The lowest BCUT2D eigenvalue weighted by Gasteiger charge is -2.20. The Kier molecular flexibility index (Phi) is 9.80. The van der Waals surface area contributed by atoms with Gasteiger partial charge < -0.3 is 19.5 Å². The molecule has 1 aromatic heterocycles. The highest BCUT2D eigenvalue weighted by Gasteiger charge is 2.26. The van der Waals surface area contributed by atoms with Crippen molar-refractivity contribution in [3.05, 3.63) is 69.6 Å². The van der Waals surface area contributed by atoms with Gasteiger partial charge in [-0.3, -0.25) is 4.79 Å². The minimum absolute atomic E-state index is 0.0230. The van der Waals surface area contributed by atoms with E-state index in [9.17, 15) is 18.0 Å². The van der Waals surface area contributed by atoms with Crippen LogP contribution in [0.5, 0.6) is 11.5 Å². The van der Waals surface area contributed by atoms with E-state index in [1.807, 2.05) is 30.3 Å². The van der Waals surface area contributed by atoms with E-state index in [-0.39, 0.29) is 55.4 Å². The third kappa shape index (κ3) is 6.71. The SMILES string of the molecule is CCOC(=O)c1c(NC(=O)c2ccc(S(=O)(=O)N(CCC#N)CCC#N)cc2)sc(Cc2ccc3c(c2)OCO3)c1C. The van der Waals surface area contributed by atoms with Gasteiger partial charge in [-0.05, 0) is 61.4 Å². The van der Waals surface area contributed by atoms with Gasteiger partial charge in [-0.25, -0.2) is 13.2 Å². The van der Waals surface area contributed by atoms with E-state index in [0.717, 1.165) is 14.7 Å². The molecule has 11 nitrogen and oxygen atoms in total. The van der Waals surface area contributed by atoms with Crippen LogP contribution in [-0.4, -0.2) is 51.1 Å². The Balaban J connectivity index is 1.57. The van der Waals surface area contributed by atoms with Crippen LogP contribution in [0.3, 0.4) is 0 Å². The Labute approximate surface area is 247 Å². The van der Waals surface area contributed by atoms with Crippen LogP contribution >= 0.6 is 11.3 Å². The van der Waals surface area contributed by atoms with Gasteiger partial charge in [-0.15, -0.1) is 11.3 Å². The number of anilines is 1. The number of nitrogens with zero attached hydrogens (tertiary/aromatic N) is 3. The number of nitriles is 2. The number of carbonyl (C=O) groups excluding carboxylic acids is 2. The van der Waals surface area contributed by atoms with Gasteiger partial charge >= 0.3 is 5.97 Å². The Bertz CT molecular complexity index is 1650. The predicted octanol–water partition coefficient (Wildman–Crippen LogP) is 4.62. The monoisotopic (exact) mass is 608 g/mol. The molecule has 1 aliphatic heterocycles. The van der Waals surface area contributed by atoms with Gasteiger partial charge in [0, 0.05) is 42.8 Å². The number of esters is 1. The number of hydrogen-bond donors (Lipinski definition) is 1. The second-order valence-corrected chi connectivity index (χ2v) is 12.2. The normalized spacial score (nSPS) is 12.0. The van der Waals surface area contributed by atoms with Gasteiger partial charge in [0.2, 0.25) is 16.8 Å². The number of benzene rings is 2. The smallest absolute Gasteiger partial charge is 0.341 e. The quantitative estimate of drug-likeness (QED) is 0.289. The number of ether oxygens (including phenoxy) is 3. The molecule has 0 fully saturated rings. The Morgan fingerprint density at radius 2 is 1.71 bits per heavy atom. The van der Waals surface area contributed by atoms with Crippen LogP contribution in [0.25, 0.3) is 0 Å². The van der Waals surface area contributed by atoms with Crippen LogP contribution in [0.4, 0.5) is 5.00 Å². The molecule has 4 rings (SSSR count). The van der Waals surface area contributed by atoms with Crippen LogP contribution < -0.4 is 14.8 Å². The fourth-order valence-corrected chi connectivity index (χ4v) is 6.97. The molecule has 1 aliphatic rings. The minimum atomic E-state index is -3.98. The van der Waals surface area contributed by atoms with E-state index in [0.29, 0.717) is 28.5 Å². The van der Waals surface area contributed by atoms with E-state index in [2.05, 4.69) is 5.32 Å². The first-order valence-electron chi connectivity index (χ1n) is 13.0. The molecule has 0 bridgehead atoms. The van der Waals surface area contributed by atoms with Gasteiger partial charge in [0.1, 0.15) is 5.00 Å². The van der Waals surface area contributed by atoms with Gasteiger partial charge in [0.25, 0.3) is 5.91 Å². The molecule has 1 N–H and O–H groups in total. The lowest BCUT2D eigenvalue weighted by Crippen LogP contribution is -2.32. The average Bonchev–Trinajstić information content (AvgIpc) is 3.56. The first-order valence-corrected chi connectivity index (χ1v) is 15.3. The number of rotatable bonds is 12. The van der Waals surface area contributed by atoms with E-state index >= 15 is 0 Å². The minimum Gasteiger partial charge on any atom is -0.462 e. The molecule has 2 aromatic carbocycles. The predicted molar refractivity (Wildman–Crippen MR) is 154 cm³/mol. The standard InChI is InChI=1S/C29H28N4O7S2/c1-3-38-29(35)26-19(2)25(17-20-6-11-23-24(16-20)40-18-39-23)41-28(26)32-27(34)21-7-9-22(10-8-21)42(36,37)33(14-4-12-30)15-5-13-31/h6-11,16H,3-5,14-15,17-18H2,1-2H3,(H,32,34). The van der Waals surface area contributed by atoms with Gasteiger partial charge in [0.05, 0.1) is 29.2 Å². The molecule has 3 aromatic rings. The van der Waals surface area contributed by atoms with Crippen molar-refractivity contribution in [2.45, 2.75) is 38.0 Å². The molecule has 0 saturated carbocycles. The lowest BCUT2D eigenvalue weighted by atomic mass is 10.1. The van der Waals surface area contributed by atoms with E-state index in [1.165, 1.54) is 35.6 Å². The highest BCUT2D eigenvalue weighted by atomic mass is 32.2. The fourth-order valence-electron chi connectivity index (χ4n) is 4.31. The van der Waals surface area contributed by atoms with Crippen LogP contribution in [0.15, 0.2) is 47.4 Å². The summed E-state index contributed by atoms with van der Waals surface area (Å²) in [5.74, 6) is 0.211. The van der Waals surface area contributed by atoms with Gasteiger partial charge in [-0.1, -0.05) is 6.07 Å². The molecule has 0 atom stereocenters. The summed E-state index contributed by atoms with van der Waals surface area (Å²) in [6.07, 6.45) is 0.436. The molecule has 0 unspecified atom stereocenters. The van der Waals surface area contributed by atoms with E-state index < -0.39 is 21.9 Å². The number of sulfonamides is 1. The Morgan fingerprint density at radius 3 is 2.36 bits per heavy atom. The third-order valence-electron chi connectivity index (χ3n) is 6.45. The summed E-state index contributed by atoms with van der Waals surface area (Å²) in [7, 11) is -3.98. The van der Waals surface area contributed by atoms with Crippen molar-refractivity contribution >= 4 is 38.2 Å². The highest BCUT2D eigenvalue weighted by molar-refractivity contribution is 7.89. The maximum atomic E-state index is 13.2. The van der Waals surface area contributed by atoms with Crippen LogP contribution in [0.2, 0.25) is 0 Å². The molecule has 218 valence electrons. The Morgan fingerprint density at radius 1 is 1.05 bits per heavy atom. The van der Waals surface area contributed by atoms with Crippen molar-refractivity contribution in [1.29, 1.82) is 10.5 Å². The number of fused-ring (bicyclic) bond motifs is 1. The number of carbonyl (C=O) groups is 2. The van der Waals surface area contributed by atoms with Crippen molar-refractivity contribution < 1.29 is 32.2 Å². The summed E-state index contributed by atoms with van der Waals surface area (Å²) < 4.78 is 43.4. The lowest BCUT2D eigenvalue weighted by molar-refractivity contribution is 0.0527. The molecule has 0 saturated heterocycles. The molecular formula is C29H28N4O7S2. The molecule has 13 heteroatoms. The summed E-state index contributed by atoms with van der Waals surface area (Å²) >= 11 is 1.26. The summed E-state index contributed by atoms with van der Waals surface area (Å²) in [5.41, 5.74) is 2.05. The Hall–Kier alpha value is -4.43.